The van der Waals surface area contributed by atoms with E-state index < -0.39 is 6.10 Å². The van der Waals surface area contributed by atoms with Crippen molar-refractivity contribution in [3.8, 4) is 0 Å². The van der Waals surface area contributed by atoms with E-state index in [1.807, 2.05) is 0 Å². The molecule has 3 N–H and O–H groups in total. The van der Waals surface area contributed by atoms with Crippen LogP contribution < -0.4 is 5.73 Å². The summed E-state index contributed by atoms with van der Waals surface area (Å²) in [5.41, 5.74) is 7.20. The van der Waals surface area contributed by atoms with Crippen LogP contribution in [0, 0.1) is 5.82 Å². The molecule has 0 fully saturated rings. The number of nitrogens with two attached hydrogens (primary N) is 1. The van der Waals surface area contributed by atoms with Crippen molar-refractivity contribution >= 4 is 0 Å². The second-order valence-electron chi connectivity index (χ2n) is 3.16. The molecule has 1 aromatic carbocycles. The molecule has 0 spiro atoms. The standard InChI is InChI=1S/C9H10FNO/c10-6-1-2-7-5(3-6)4-8(11)9(7)12/h1-3,8-9,12H,4,11H2/t8-,9-/m0/s1. The third kappa shape index (κ3) is 1.02. The zero-order valence-electron chi connectivity index (χ0n) is 6.50. The van der Waals surface area contributed by atoms with Gasteiger partial charge in [0.1, 0.15) is 5.82 Å². The molecular weight excluding hydrogens is 157 g/mol. The lowest BCUT2D eigenvalue weighted by Crippen LogP contribution is -2.24. The molecule has 0 unspecified atom stereocenters. The first-order valence-electron chi connectivity index (χ1n) is 3.90. The minimum absolute atomic E-state index is 0.268. The third-order valence-corrected chi connectivity index (χ3v) is 2.28. The fourth-order valence-corrected chi connectivity index (χ4v) is 1.64. The summed E-state index contributed by atoms with van der Waals surface area (Å²) in [5.74, 6) is -0.268. The van der Waals surface area contributed by atoms with Crippen molar-refractivity contribution in [3.05, 3.63) is 35.1 Å². The highest BCUT2D eigenvalue weighted by Gasteiger charge is 2.27. The van der Waals surface area contributed by atoms with Gasteiger partial charge >= 0.3 is 0 Å². The number of hydrogen-bond acceptors (Lipinski definition) is 2. The molecule has 0 saturated heterocycles. The predicted molar refractivity (Wildman–Crippen MR) is 43.0 cm³/mol. The van der Waals surface area contributed by atoms with Gasteiger partial charge < -0.3 is 10.8 Å². The SMILES string of the molecule is N[C@H]1Cc2cc(F)ccc2[C@@H]1O. The Kier molecular flexibility index (Phi) is 1.63. The van der Waals surface area contributed by atoms with Gasteiger partial charge in [-0.15, -0.1) is 0 Å². The van der Waals surface area contributed by atoms with Crippen LogP contribution in [0.1, 0.15) is 17.2 Å². The lowest BCUT2D eigenvalue weighted by molar-refractivity contribution is 0.159. The number of fused-ring (bicyclic) bond motifs is 1. The number of aliphatic hydroxyl groups excluding tert-OH is 1. The Balaban J connectivity index is 2.47. The molecule has 2 atom stereocenters. The van der Waals surface area contributed by atoms with Crippen molar-refractivity contribution in [1.82, 2.24) is 0 Å². The van der Waals surface area contributed by atoms with Crippen LogP contribution in [-0.2, 0) is 6.42 Å². The Morgan fingerprint density at radius 3 is 3.00 bits per heavy atom. The number of rotatable bonds is 0. The average molecular weight is 167 g/mol. The molecule has 64 valence electrons. The Labute approximate surface area is 69.8 Å². The fraction of sp³-hybridized carbons (Fsp3) is 0.333. The minimum atomic E-state index is -0.624. The van der Waals surface area contributed by atoms with E-state index in [-0.39, 0.29) is 11.9 Å². The summed E-state index contributed by atoms with van der Waals surface area (Å²) < 4.78 is 12.7. The van der Waals surface area contributed by atoms with Crippen molar-refractivity contribution in [2.24, 2.45) is 5.73 Å². The lowest BCUT2D eigenvalue weighted by atomic mass is 10.1. The topological polar surface area (TPSA) is 46.2 Å². The van der Waals surface area contributed by atoms with Crippen LogP contribution in [0.5, 0.6) is 0 Å². The summed E-state index contributed by atoms with van der Waals surface area (Å²) in [6, 6.07) is 4.11. The van der Waals surface area contributed by atoms with Crippen molar-refractivity contribution < 1.29 is 9.50 Å². The summed E-state index contributed by atoms with van der Waals surface area (Å²) >= 11 is 0. The molecule has 1 aromatic rings. The van der Waals surface area contributed by atoms with Crippen molar-refractivity contribution in [3.63, 3.8) is 0 Å². The van der Waals surface area contributed by atoms with Gasteiger partial charge in [0.2, 0.25) is 0 Å². The molecule has 0 bridgehead atoms. The van der Waals surface area contributed by atoms with Crippen LogP contribution in [0.2, 0.25) is 0 Å². The van der Waals surface area contributed by atoms with Crippen LogP contribution in [-0.4, -0.2) is 11.1 Å². The smallest absolute Gasteiger partial charge is 0.123 e. The van der Waals surface area contributed by atoms with E-state index in [9.17, 15) is 9.50 Å². The largest absolute Gasteiger partial charge is 0.387 e. The first-order chi connectivity index (χ1) is 5.68. The van der Waals surface area contributed by atoms with Crippen LogP contribution in [0.3, 0.4) is 0 Å². The molecule has 0 radical (unpaired) electrons. The van der Waals surface area contributed by atoms with Gasteiger partial charge in [0.05, 0.1) is 6.10 Å². The minimum Gasteiger partial charge on any atom is -0.387 e. The summed E-state index contributed by atoms with van der Waals surface area (Å²) in [6.45, 7) is 0. The van der Waals surface area contributed by atoms with E-state index in [2.05, 4.69) is 0 Å². The van der Waals surface area contributed by atoms with Crippen LogP contribution in [0.4, 0.5) is 4.39 Å². The third-order valence-electron chi connectivity index (χ3n) is 2.28. The monoisotopic (exact) mass is 167 g/mol. The number of halogens is 1. The van der Waals surface area contributed by atoms with E-state index in [4.69, 9.17) is 5.73 Å². The average Bonchev–Trinajstić information content (AvgIpc) is 2.28. The number of benzene rings is 1. The summed E-state index contributed by atoms with van der Waals surface area (Å²) in [4.78, 5) is 0. The molecule has 1 aliphatic rings. The van der Waals surface area contributed by atoms with Gasteiger partial charge in [-0.05, 0) is 29.7 Å². The molecular formula is C9H10FNO. The fourth-order valence-electron chi connectivity index (χ4n) is 1.64. The summed E-state index contributed by atoms with van der Waals surface area (Å²) in [5, 5.41) is 9.49. The summed E-state index contributed by atoms with van der Waals surface area (Å²) in [6.07, 6.45) is -0.0607. The van der Waals surface area contributed by atoms with E-state index in [1.54, 1.807) is 6.07 Å². The van der Waals surface area contributed by atoms with Crippen molar-refractivity contribution in [1.29, 1.82) is 0 Å². The van der Waals surface area contributed by atoms with Gasteiger partial charge in [-0.2, -0.15) is 0 Å². The predicted octanol–water partition coefficient (Wildman–Crippen LogP) is 0.743. The van der Waals surface area contributed by atoms with Crippen LogP contribution >= 0.6 is 0 Å². The number of hydrogen-bond donors (Lipinski definition) is 2. The van der Waals surface area contributed by atoms with E-state index in [0.717, 1.165) is 11.1 Å². The Morgan fingerprint density at radius 2 is 2.25 bits per heavy atom. The first-order valence-corrected chi connectivity index (χ1v) is 3.90. The molecule has 2 rings (SSSR count). The second kappa shape index (κ2) is 2.54. The molecule has 0 aromatic heterocycles. The van der Waals surface area contributed by atoms with Gasteiger partial charge in [-0.3, -0.25) is 0 Å². The molecule has 0 aliphatic heterocycles. The van der Waals surface area contributed by atoms with Crippen molar-refractivity contribution in [2.45, 2.75) is 18.6 Å². The first kappa shape index (κ1) is 7.71. The van der Waals surface area contributed by atoms with Gasteiger partial charge in [-0.1, -0.05) is 6.07 Å². The molecule has 0 amide bonds. The van der Waals surface area contributed by atoms with E-state index in [1.165, 1.54) is 12.1 Å². The quantitative estimate of drug-likeness (QED) is 0.598. The number of aliphatic hydroxyl groups is 1. The normalized spacial score (nSPS) is 27.2. The van der Waals surface area contributed by atoms with Crippen LogP contribution in [0.25, 0.3) is 0 Å². The highest BCUT2D eigenvalue weighted by Crippen LogP contribution is 2.30. The maximum atomic E-state index is 12.7. The molecule has 2 nitrogen and oxygen atoms in total. The molecule has 3 heteroatoms. The Hall–Kier alpha value is -0.930. The molecule has 12 heavy (non-hydrogen) atoms. The van der Waals surface area contributed by atoms with Gasteiger partial charge in [0, 0.05) is 6.04 Å². The van der Waals surface area contributed by atoms with E-state index in [0.29, 0.717) is 6.42 Å². The van der Waals surface area contributed by atoms with Crippen molar-refractivity contribution in [2.75, 3.05) is 0 Å². The second-order valence-corrected chi connectivity index (χ2v) is 3.16. The van der Waals surface area contributed by atoms with E-state index >= 15 is 0 Å². The van der Waals surface area contributed by atoms with Gasteiger partial charge in [-0.25, -0.2) is 4.39 Å². The Morgan fingerprint density at radius 1 is 1.50 bits per heavy atom. The molecule has 0 saturated carbocycles. The zero-order valence-corrected chi connectivity index (χ0v) is 6.50. The highest BCUT2D eigenvalue weighted by molar-refractivity contribution is 5.36. The highest BCUT2D eigenvalue weighted by atomic mass is 19.1. The maximum absolute atomic E-state index is 12.7. The maximum Gasteiger partial charge on any atom is 0.123 e. The lowest BCUT2D eigenvalue weighted by Gasteiger charge is -2.07. The molecule has 1 aliphatic carbocycles. The summed E-state index contributed by atoms with van der Waals surface area (Å²) in [7, 11) is 0. The molecule has 0 heterocycles. The Bertz CT molecular complexity index is 313. The zero-order chi connectivity index (χ0) is 8.72. The van der Waals surface area contributed by atoms with Gasteiger partial charge in [0.15, 0.2) is 0 Å². The van der Waals surface area contributed by atoms with Gasteiger partial charge in [0.25, 0.3) is 0 Å². The van der Waals surface area contributed by atoms with Crippen LogP contribution in [0.15, 0.2) is 18.2 Å².